The zero-order valence-electron chi connectivity index (χ0n) is 14.3. The van der Waals surface area contributed by atoms with Crippen molar-refractivity contribution in [1.29, 1.82) is 0 Å². The Morgan fingerprint density at radius 3 is 2.74 bits per heavy atom. The van der Waals surface area contributed by atoms with Crippen LogP contribution in [0.25, 0.3) is 11.3 Å². The summed E-state index contributed by atoms with van der Waals surface area (Å²) in [7, 11) is 0. The van der Waals surface area contributed by atoms with Gasteiger partial charge in [-0.1, -0.05) is 29.3 Å². The van der Waals surface area contributed by atoms with Gasteiger partial charge in [-0.15, -0.1) is 16.4 Å². The molecule has 1 fully saturated rings. The molecule has 10 heteroatoms. The van der Waals surface area contributed by atoms with E-state index in [0.717, 1.165) is 29.1 Å². The number of likely N-dealkylation sites (tertiary alicyclic amines) is 1. The fraction of sp³-hybridized carbons (Fsp3) is 0.353. The summed E-state index contributed by atoms with van der Waals surface area (Å²) in [6, 6.07) is 5.54. The van der Waals surface area contributed by atoms with Crippen LogP contribution in [-0.2, 0) is 11.3 Å². The number of halogens is 2. The molecule has 3 heterocycles. The van der Waals surface area contributed by atoms with Crippen molar-refractivity contribution in [2.75, 3.05) is 13.1 Å². The van der Waals surface area contributed by atoms with Crippen molar-refractivity contribution >= 4 is 40.4 Å². The van der Waals surface area contributed by atoms with Gasteiger partial charge in [0.2, 0.25) is 5.91 Å². The first kappa shape index (κ1) is 18.3. The van der Waals surface area contributed by atoms with Crippen molar-refractivity contribution in [3.8, 4) is 11.3 Å². The van der Waals surface area contributed by atoms with Crippen molar-refractivity contribution in [3.05, 3.63) is 45.0 Å². The molecule has 0 N–H and O–H groups in total. The Labute approximate surface area is 169 Å². The van der Waals surface area contributed by atoms with E-state index in [2.05, 4.69) is 15.5 Å². The second kappa shape index (κ2) is 7.92. The predicted octanol–water partition coefficient (Wildman–Crippen LogP) is 3.51. The molecule has 27 heavy (non-hydrogen) atoms. The number of aromatic nitrogens is 5. The van der Waals surface area contributed by atoms with Crippen molar-refractivity contribution < 1.29 is 4.79 Å². The molecule has 1 saturated heterocycles. The van der Waals surface area contributed by atoms with E-state index in [-0.39, 0.29) is 12.5 Å². The van der Waals surface area contributed by atoms with Crippen LogP contribution in [0.3, 0.4) is 0 Å². The second-order valence-electron chi connectivity index (χ2n) is 6.36. The van der Waals surface area contributed by atoms with Gasteiger partial charge in [0, 0.05) is 30.0 Å². The summed E-state index contributed by atoms with van der Waals surface area (Å²) in [4.78, 5) is 19.0. The minimum Gasteiger partial charge on any atom is -0.341 e. The van der Waals surface area contributed by atoms with E-state index in [4.69, 9.17) is 28.2 Å². The third kappa shape index (κ3) is 4.12. The molecule has 0 unspecified atom stereocenters. The highest BCUT2D eigenvalue weighted by Crippen LogP contribution is 2.34. The first-order chi connectivity index (χ1) is 13.1. The first-order valence-electron chi connectivity index (χ1n) is 8.49. The summed E-state index contributed by atoms with van der Waals surface area (Å²) in [6.45, 7) is 1.61. The summed E-state index contributed by atoms with van der Waals surface area (Å²) >= 11 is 13.7. The van der Waals surface area contributed by atoms with Crippen LogP contribution < -0.4 is 0 Å². The molecule has 2 aromatic heterocycles. The van der Waals surface area contributed by atoms with Gasteiger partial charge in [-0.25, -0.2) is 9.67 Å². The van der Waals surface area contributed by atoms with E-state index in [1.807, 2.05) is 22.4 Å². The fourth-order valence-electron chi connectivity index (χ4n) is 3.13. The van der Waals surface area contributed by atoms with E-state index in [9.17, 15) is 4.79 Å². The van der Waals surface area contributed by atoms with Gasteiger partial charge in [0.1, 0.15) is 12.9 Å². The quantitative estimate of drug-likeness (QED) is 0.642. The SMILES string of the molecule is O=C(Cn1cnnn1)N1CCC(c2nc(-c3ccc(Cl)c(Cl)c3)cs2)CC1. The molecule has 1 aromatic carbocycles. The smallest absolute Gasteiger partial charge is 0.244 e. The number of rotatable bonds is 4. The monoisotopic (exact) mass is 422 g/mol. The zero-order valence-corrected chi connectivity index (χ0v) is 16.6. The highest BCUT2D eigenvalue weighted by molar-refractivity contribution is 7.10. The number of hydrogen-bond acceptors (Lipinski definition) is 6. The minimum absolute atomic E-state index is 0.0383. The van der Waals surface area contributed by atoms with E-state index < -0.39 is 0 Å². The third-order valence-corrected chi connectivity index (χ3v) is 6.37. The van der Waals surface area contributed by atoms with Crippen molar-refractivity contribution in [2.24, 2.45) is 0 Å². The third-order valence-electron chi connectivity index (χ3n) is 4.62. The van der Waals surface area contributed by atoms with Gasteiger partial charge in [0.25, 0.3) is 0 Å². The molecule has 3 aromatic rings. The Morgan fingerprint density at radius 2 is 2.04 bits per heavy atom. The van der Waals surface area contributed by atoms with Gasteiger partial charge in [0.05, 0.1) is 20.7 Å². The molecule has 1 aliphatic heterocycles. The van der Waals surface area contributed by atoms with Crippen molar-refractivity contribution in [1.82, 2.24) is 30.1 Å². The normalized spacial score (nSPS) is 15.3. The van der Waals surface area contributed by atoms with E-state index >= 15 is 0 Å². The number of hydrogen-bond donors (Lipinski definition) is 0. The topological polar surface area (TPSA) is 76.8 Å². The van der Waals surface area contributed by atoms with Gasteiger partial charge in [-0.05, 0) is 35.4 Å². The summed E-state index contributed by atoms with van der Waals surface area (Å²) in [5, 5.41) is 15.0. The molecule has 0 saturated carbocycles. The van der Waals surface area contributed by atoms with Crippen LogP contribution in [0.1, 0.15) is 23.8 Å². The van der Waals surface area contributed by atoms with Crippen molar-refractivity contribution in [3.63, 3.8) is 0 Å². The van der Waals surface area contributed by atoms with Crippen LogP contribution in [0.2, 0.25) is 10.0 Å². The molecule has 1 aliphatic rings. The number of nitrogens with zero attached hydrogens (tertiary/aromatic N) is 6. The molecule has 0 radical (unpaired) electrons. The summed E-state index contributed by atoms with van der Waals surface area (Å²) in [6.07, 6.45) is 3.25. The molecule has 4 rings (SSSR count). The maximum absolute atomic E-state index is 12.3. The highest BCUT2D eigenvalue weighted by Gasteiger charge is 2.26. The first-order valence-corrected chi connectivity index (χ1v) is 10.1. The Hall–Kier alpha value is -2.03. The molecule has 140 valence electrons. The van der Waals surface area contributed by atoms with Crippen LogP contribution in [0.4, 0.5) is 0 Å². The number of amides is 1. The van der Waals surface area contributed by atoms with Crippen LogP contribution in [0.15, 0.2) is 29.9 Å². The lowest BCUT2D eigenvalue weighted by molar-refractivity contribution is -0.133. The number of carbonyl (C=O) groups is 1. The van der Waals surface area contributed by atoms with Gasteiger partial charge in [-0.3, -0.25) is 4.79 Å². The molecule has 0 atom stereocenters. The van der Waals surface area contributed by atoms with E-state index in [1.54, 1.807) is 17.4 Å². The van der Waals surface area contributed by atoms with Crippen LogP contribution >= 0.6 is 34.5 Å². The maximum atomic E-state index is 12.3. The standard InChI is InChI=1S/C17H16Cl2N6OS/c18-13-2-1-12(7-14(13)19)15-9-27-17(21-15)11-3-5-24(6-4-11)16(26)8-25-10-20-22-23-25/h1-2,7,9-11H,3-6,8H2. The molecule has 7 nitrogen and oxygen atoms in total. The average Bonchev–Trinajstić information content (AvgIpc) is 3.36. The molecule has 0 spiro atoms. The van der Waals surface area contributed by atoms with Gasteiger partial charge >= 0.3 is 0 Å². The van der Waals surface area contributed by atoms with E-state index in [1.165, 1.54) is 11.0 Å². The molecule has 0 aliphatic carbocycles. The summed E-state index contributed by atoms with van der Waals surface area (Å²) in [5.41, 5.74) is 1.87. The maximum Gasteiger partial charge on any atom is 0.244 e. The van der Waals surface area contributed by atoms with Gasteiger partial charge in [-0.2, -0.15) is 0 Å². The lowest BCUT2D eigenvalue weighted by atomic mass is 9.97. The molecular formula is C17H16Cl2N6OS. The zero-order chi connectivity index (χ0) is 18.8. The molecule has 1 amide bonds. The lowest BCUT2D eigenvalue weighted by Gasteiger charge is -2.31. The lowest BCUT2D eigenvalue weighted by Crippen LogP contribution is -2.39. The highest BCUT2D eigenvalue weighted by atomic mass is 35.5. The number of carbonyl (C=O) groups excluding carboxylic acids is 1. The average molecular weight is 423 g/mol. The Balaban J connectivity index is 1.38. The largest absolute Gasteiger partial charge is 0.341 e. The number of tetrazole rings is 1. The Morgan fingerprint density at radius 1 is 1.22 bits per heavy atom. The fourth-order valence-corrected chi connectivity index (χ4v) is 4.43. The van der Waals surface area contributed by atoms with Gasteiger partial charge < -0.3 is 4.90 Å². The number of thiazole rings is 1. The van der Waals surface area contributed by atoms with Crippen LogP contribution in [0.5, 0.6) is 0 Å². The summed E-state index contributed by atoms with van der Waals surface area (Å²) < 4.78 is 1.44. The Bertz CT molecular complexity index is 937. The van der Waals surface area contributed by atoms with Crippen LogP contribution in [-0.4, -0.2) is 49.1 Å². The summed E-state index contributed by atoms with van der Waals surface area (Å²) in [5.74, 6) is 0.403. The van der Waals surface area contributed by atoms with E-state index in [0.29, 0.717) is 29.1 Å². The predicted molar refractivity (Wildman–Crippen MR) is 104 cm³/mol. The molecular weight excluding hydrogens is 407 g/mol. The van der Waals surface area contributed by atoms with Crippen LogP contribution in [0, 0.1) is 0 Å². The minimum atomic E-state index is 0.0383. The Kier molecular flexibility index (Phi) is 5.38. The second-order valence-corrected chi connectivity index (χ2v) is 8.07. The number of piperidine rings is 1. The van der Waals surface area contributed by atoms with Crippen molar-refractivity contribution in [2.45, 2.75) is 25.3 Å². The van der Waals surface area contributed by atoms with Gasteiger partial charge in [0.15, 0.2) is 0 Å². The molecule has 0 bridgehead atoms. The number of benzene rings is 1.